The van der Waals surface area contributed by atoms with Gasteiger partial charge in [0.2, 0.25) is 0 Å². The molecule has 4 heteroatoms. The summed E-state index contributed by atoms with van der Waals surface area (Å²) >= 11 is 0. The van der Waals surface area contributed by atoms with Crippen LogP contribution in [0.1, 0.15) is 121 Å². The second-order valence-electron chi connectivity index (χ2n) is 12.2. The molecule has 0 saturated heterocycles. The number of nitrogens with one attached hydrogen (secondary N) is 4. The zero-order valence-electron chi connectivity index (χ0n) is 23.6. The maximum absolute atomic E-state index is 3.70. The van der Waals surface area contributed by atoms with Gasteiger partial charge in [0.25, 0.3) is 0 Å². The van der Waals surface area contributed by atoms with Gasteiger partial charge in [0, 0.05) is 35.2 Å². The first kappa shape index (κ1) is 31.6. The molecule has 0 aromatic heterocycles. The fraction of sp³-hybridized carbons (Fsp3) is 0.929. The highest BCUT2D eigenvalue weighted by molar-refractivity contribution is 4.91. The van der Waals surface area contributed by atoms with Crippen LogP contribution in [0.25, 0.3) is 0 Å². The second-order valence-corrected chi connectivity index (χ2v) is 12.2. The van der Waals surface area contributed by atoms with Crippen molar-refractivity contribution >= 4 is 0 Å². The van der Waals surface area contributed by atoms with Crippen molar-refractivity contribution in [1.29, 1.82) is 0 Å². The van der Waals surface area contributed by atoms with Gasteiger partial charge in [-0.25, -0.2) is 0 Å². The van der Waals surface area contributed by atoms with E-state index in [0.717, 1.165) is 26.2 Å². The normalized spacial score (nSPS) is 13.9. The number of rotatable bonds is 20. The summed E-state index contributed by atoms with van der Waals surface area (Å²) in [5, 5.41) is 14.7. The first-order valence-electron chi connectivity index (χ1n) is 13.4. The molecule has 4 nitrogen and oxygen atoms in total. The van der Waals surface area contributed by atoms with Gasteiger partial charge in [-0.3, -0.25) is 0 Å². The minimum absolute atomic E-state index is 0.192. The van der Waals surface area contributed by atoms with Crippen molar-refractivity contribution in [2.24, 2.45) is 0 Å². The first-order valence-corrected chi connectivity index (χ1v) is 13.4. The molecular weight excluding hydrogens is 392 g/mol. The molecule has 0 amide bonds. The maximum Gasteiger partial charge on any atom is 0.0140 e. The van der Waals surface area contributed by atoms with Crippen LogP contribution in [-0.4, -0.2) is 48.3 Å². The van der Waals surface area contributed by atoms with E-state index in [9.17, 15) is 0 Å². The van der Waals surface area contributed by atoms with Gasteiger partial charge in [-0.05, 0) is 107 Å². The van der Waals surface area contributed by atoms with Crippen molar-refractivity contribution in [3.63, 3.8) is 0 Å². The molecule has 0 atom stereocenters. The van der Waals surface area contributed by atoms with E-state index in [1.165, 1.54) is 51.4 Å². The molecule has 0 aliphatic rings. The highest BCUT2D eigenvalue weighted by Gasteiger charge is 2.18. The van der Waals surface area contributed by atoms with Gasteiger partial charge in [0.05, 0.1) is 0 Å². The van der Waals surface area contributed by atoms with Crippen molar-refractivity contribution in [2.75, 3.05) is 26.2 Å². The highest BCUT2D eigenvalue weighted by Crippen LogP contribution is 2.15. The molecule has 0 saturated carbocycles. The number of hydrogen-bond donors (Lipinski definition) is 4. The molecule has 0 aromatic rings. The second kappa shape index (κ2) is 15.5. The monoisotopic (exact) mass is 452 g/mol. The molecule has 4 N–H and O–H groups in total. The van der Waals surface area contributed by atoms with E-state index >= 15 is 0 Å². The lowest BCUT2D eigenvalue weighted by Crippen LogP contribution is -2.41. The van der Waals surface area contributed by atoms with E-state index in [4.69, 9.17) is 0 Å². The van der Waals surface area contributed by atoms with Crippen LogP contribution in [-0.2, 0) is 0 Å². The third-order valence-corrected chi connectivity index (χ3v) is 7.00. The van der Waals surface area contributed by atoms with Crippen molar-refractivity contribution < 1.29 is 0 Å². The van der Waals surface area contributed by atoms with Crippen LogP contribution in [0.15, 0.2) is 12.2 Å². The average molecular weight is 453 g/mol. The minimum Gasteiger partial charge on any atom is -0.312 e. The summed E-state index contributed by atoms with van der Waals surface area (Å²) in [5.74, 6) is 0. The van der Waals surface area contributed by atoms with E-state index in [1.807, 2.05) is 0 Å². The van der Waals surface area contributed by atoms with Crippen molar-refractivity contribution in [3.8, 4) is 0 Å². The van der Waals surface area contributed by atoms with Gasteiger partial charge < -0.3 is 21.3 Å². The standard InChI is InChI=1S/C28H60N4/c1-11-25(3,4)29-21-15-13-19-27(7,8)31-23-17-18-24-32-28(9,10)20-14-16-22-30-26(5,6)12-2/h17-18,29-32H,11-16,19-24H2,1-10H3/b18-17-. The van der Waals surface area contributed by atoms with Gasteiger partial charge in [0.1, 0.15) is 0 Å². The van der Waals surface area contributed by atoms with Gasteiger partial charge in [-0.2, -0.15) is 0 Å². The molecule has 0 spiro atoms. The Kier molecular flexibility index (Phi) is 15.3. The third-order valence-electron chi connectivity index (χ3n) is 7.00. The Bertz CT molecular complexity index is 448. The molecule has 0 aromatic carbocycles. The van der Waals surface area contributed by atoms with Gasteiger partial charge >= 0.3 is 0 Å². The van der Waals surface area contributed by atoms with E-state index in [2.05, 4.69) is 103 Å². The predicted octanol–water partition coefficient (Wildman–Crippen LogP) is 6.18. The quantitative estimate of drug-likeness (QED) is 0.132. The van der Waals surface area contributed by atoms with Crippen LogP contribution in [0.4, 0.5) is 0 Å². The lowest BCUT2D eigenvalue weighted by molar-refractivity contribution is 0.340. The molecule has 32 heavy (non-hydrogen) atoms. The molecule has 0 heterocycles. The largest absolute Gasteiger partial charge is 0.312 e. The Morgan fingerprint density at radius 1 is 0.469 bits per heavy atom. The third kappa shape index (κ3) is 18.1. The molecule has 0 aliphatic heterocycles. The molecule has 0 unspecified atom stereocenters. The zero-order valence-corrected chi connectivity index (χ0v) is 23.6. The van der Waals surface area contributed by atoms with Gasteiger partial charge in [0.15, 0.2) is 0 Å². The van der Waals surface area contributed by atoms with Crippen LogP contribution in [0.3, 0.4) is 0 Å². The van der Waals surface area contributed by atoms with Gasteiger partial charge in [-0.15, -0.1) is 0 Å². The topological polar surface area (TPSA) is 48.1 Å². The fourth-order valence-corrected chi connectivity index (χ4v) is 3.50. The number of unbranched alkanes of at least 4 members (excludes halogenated alkanes) is 2. The Balaban J connectivity index is 3.88. The molecule has 0 aliphatic carbocycles. The Hall–Kier alpha value is -0.420. The lowest BCUT2D eigenvalue weighted by Gasteiger charge is -2.28. The van der Waals surface area contributed by atoms with Crippen LogP contribution in [0.2, 0.25) is 0 Å². The molecule has 192 valence electrons. The summed E-state index contributed by atoms with van der Waals surface area (Å²) in [6.45, 7) is 27.0. The van der Waals surface area contributed by atoms with Crippen LogP contribution < -0.4 is 21.3 Å². The van der Waals surface area contributed by atoms with Crippen LogP contribution in [0.5, 0.6) is 0 Å². The summed E-state index contributed by atoms with van der Waals surface area (Å²) < 4.78 is 0. The van der Waals surface area contributed by atoms with Gasteiger partial charge in [-0.1, -0.05) is 38.8 Å². The molecular formula is C28H60N4. The van der Waals surface area contributed by atoms with E-state index < -0.39 is 0 Å². The Labute approximate surface area is 202 Å². The van der Waals surface area contributed by atoms with E-state index in [1.54, 1.807) is 0 Å². The van der Waals surface area contributed by atoms with E-state index in [0.29, 0.717) is 0 Å². The minimum atomic E-state index is 0.192. The van der Waals surface area contributed by atoms with Crippen molar-refractivity contribution in [1.82, 2.24) is 21.3 Å². The molecule has 0 rings (SSSR count). The molecule has 0 bridgehead atoms. The van der Waals surface area contributed by atoms with Crippen molar-refractivity contribution in [2.45, 2.75) is 143 Å². The smallest absolute Gasteiger partial charge is 0.0140 e. The van der Waals surface area contributed by atoms with Crippen LogP contribution >= 0.6 is 0 Å². The summed E-state index contributed by atoms with van der Waals surface area (Å²) in [6, 6.07) is 0. The summed E-state index contributed by atoms with van der Waals surface area (Å²) in [4.78, 5) is 0. The Morgan fingerprint density at radius 2 is 0.812 bits per heavy atom. The lowest BCUT2D eigenvalue weighted by atomic mass is 9.96. The maximum atomic E-state index is 3.70. The summed E-state index contributed by atoms with van der Waals surface area (Å²) in [7, 11) is 0. The van der Waals surface area contributed by atoms with Crippen molar-refractivity contribution in [3.05, 3.63) is 12.2 Å². The predicted molar refractivity (Wildman–Crippen MR) is 146 cm³/mol. The van der Waals surface area contributed by atoms with Crippen LogP contribution in [0, 0.1) is 0 Å². The summed E-state index contributed by atoms with van der Waals surface area (Å²) in [5.41, 5.74) is 0.920. The van der Waals surface area contributed by atoms with E-state index in [-0.39, 0.29) is 22.2 Å². The SMILES string of the molecule is CCC(C)(C)NCCCCC(C)(C)NC/C=C\CNC(C)(C)CCCCNC(C)(C)CC. The fourth-order valence-electron chi connectivity index (χ4n) is 3.50. The number of hydrogen-bond acceptors (Lipinski definition) is 4. The zero-order chi connectivity index (χ0) is 24.7. The highest BCUT2D eigenvalue weighted by atomic mass is 15.0. The first-order chi connectivity index (χ1) is 14.7. The average Bonchev–Trinajstić information content (AvgIpc) is 2.69. The Morgan fingerprint density at radius 3 is 1.12 bits per heavy atom. The molecule has 0 radical (unpaired) electrons. The summed E-state index contributed by atoms with van der Waals surface area (Å²) in [6.07, 6.45) is 14.3. The molecule has 0 fully saturated rings.